The Bertz CT molecular complexity index is 1590. The van der Waals surface area contributed by atoms with Gasteiger partial charge >= 0.3 is 0 Å². The van der Waals surface area contributed by atoms with Gasteiger partial charge in [-0.1, -0.05) is 22.9 Å². The van der Waals surface area contributed by atoms with Crippen LogP contribution in [0.1, 0.15) is 32.9 Å². The van der Waals surface area contributed by atoms with Crippen LogP contribution in [0.15, 0.2) is 23.6 Å². The summed E-state index contributed by atoms with van der Waals surface area (Å²) >= 11 is 9.63. The van der Waals surface area contributed by atoms with Crippen molar-refractivity contribution in [2.45, 2.75) is 25.0 Å². The van der Waals surface area contributed by atoms with Crippen LogP contribution in [-0.4, -0.2) is 90.2 Å². The first-order chi connectivity index (χ1) is 20.0. The summed E-state index contributed by atoms with van der Waals surface area (Å²) in [6.07, 6.45) is 0.636. The van der Waals surface area contributed by atoms with Gasteiger partial charge in [-0.25, -0.2) is 14.5 Å². The highest BCUT2D eigenvalue weighted by atomic mass is 35.5. The van der Waals surface area contributed by atoms with Crippen molar-refractivity contribution in [2.75, 3.05) is 64.7 Å². The predicted octanol–water partition coefficient (Wildman–Crippen LogP) is 3.47. The molecule has 3 aliphatic rings. The lowest BCUT2D eigenvalue weighted by molar-refractivity contribution is -0.202. The van der Waals surface area contributed by atoms with Crippen molar-refractivity contribution < 1.29 is 23.7 Å². The van der Waals surface area contributed by atoms with Crippen LogP contribution in [0.25, 0.3) is 4.96 Å². The van der Waals surface area contributed by atoms with Gasteiger partial charge < -0.3 is 28.7 Å². The van der Waals surface area contributed by atoms with E-state index < -0.39 is 5.60 Å². The van der Waals surface area contributed by atoms with Crippen LogP contribution in [0.5, 0.6) is 5.75 Å². The van der Waals surface area contributed by atoms with Crippen LogP contribution in [0.4, 0.5) is 5.82 Å². The number of pyridine rings is 1. The number of ether oxygens (including phenoxy) is 4. The molecule has 3 aliphatic heterocycles. The SMILES string of the molecule is COC1(c2csc(C3c4c(nc5sc(C)nn45)CCN3C(=O)COc3ccc(N4CCOCC4)nc3Cl)c2)COC1. The number of thiophene rings is 1. The van der Waals surface area contributed by atoms with Crippen molar-refractivity contribution in [3.8, 4) is 5.75 Å². The first-order valence-electron chi connectivity index (χ1n) is 13.4. The summed E-state index contributed by atoms with van der Waals surface area (Å²) in [5, 5.41) is 7.97. The van der Waals surface area contributed by atoms with Gasteiger partial charge in [0.15, 0.2) is 17.5 Å². The molecule has 1 amide bonds. The van der Waals surface area contributed by atoms with Crippen LogP contribution < -0.4 is 9.64 Å². The number of fused-ring (bicyclic) bond motifs is 3. The third-order valence-electron chi connectivity index (χ3n) is 7.86. The number of amides is 1. The number of carbonyl (C=O) groups is 1. The van der Waals surface area contributed by atoms with Gasteiger partial charge in [0.2, 0.25) is 4.96 Å². The van der Waals surface area contributed by atoms with E-state index in [4.69, 9.17) is 40.6 Å². The molecule has 0 spiro atoms. The molecule has 4 aromatic heterocycles. The number of rotatable bonds is 7. The highest BCUT2D eigenvalue weighted by Crippen LogP contribution is 2.43. The molecule has 0 N–H and O–H groups in total. The third kappa shape index (κ3) is 4.78. The fourth-order valence-electron chi connectivity index (χ4n) is 5.55. The highest BCUT2D eigenvalue weighted by Gasteiger charge is 2.43. The molecule has 1 unspecified atom stereocenters. The zero-order chi connectivity index (χ0) is 28.1. The van der Waals surface area contributed by atoms with E-state index in [0.717, 1.165) is 50.7 Å². The number of carbonyl (C=O) groups excluding carboxylic acids is 1. The number of methoxy groups -OCH3 is 1. The Kier molecular flexibility index (Phi) is 7.12. The molecule has 0 saturated carbocycles. The monoisotopic (exact) mass is 616 g/mol. The van der Waals surface area contributed by atoms with E-state index in [-0.39, 0.29) is 23.7 Å². The van der Waals surface area contributed by atoms with Gasteiger partial charge in [0.05, 0.1) is 37.8 Å². The normalized spacial score (nSPS) is 20.2. The maximum Gasteiger partial charge on any atom is 0.261 e. The Balaban J connectivity index is 1.16. The van der Waals surface area contributed by atoms with Crippen LogP contribution in [-0.2, 0) is 31.0 Å². The number of hydrogen-bond acceptors (Lipinski definition) is 11. The van der Waals surface area contributed by atoms with E-state index in [1.54, 1.807) is 35.8 Å². The minimum Gasteiger partial charge on any atom is -0.481 e. The van der Waals surface area contributed by atoms with Gasteiger partial charge in [0, 0.05) is 38.0 Å². The lowest BCUT2D eigenvalue weighted by Gasteiger charge is -2.39. The first kappa shape index (κ1) is 27.0. The molecule has 7 heterocycles. The third-order valence-corrected chi connectivity index (χ3v) is 9.94. The van der Waals surface area contributed by atoms with Gasteiger partial charge in [0.25, 0.3) is 5.91 Å². The van der Waals surface area contributed by atoms with Gasteiger partial charge in [-0.15, -0.1) is 11.3 Å². The summed E-state index contributed by atoms with van der Waals surface area (Å²) in [6.45, 7) is 6.13. The number of anilines is 1. The van der Waals surface area contributed by atoms with Crippen molar-refractivity contribution in [1.82, 2.24) is 24.5 Å². The van der Waals surface area contributed by atoms with Gasteiger partial charge in [-0.3, -0.25) is 4.79 Å². The highest BCUT2D eigenvalue weighted by molar-refractivity contribution is 7.16. The largest absolute Gasteiger partial charge is 0.481 e. The minimum atomic E-state index is -0.453. The summed E-state index contributed by atoms with van der Waals surface area (Å²) in [7, 11) is 1.71. The lowest BCUT2D eigenvalue weighted by atomic mass is 9.92. The second-order valence-electron chi connectivity index (χ2n) is 10.3. The number of imidazole rings is 1. The number of morpholine rings is 1. The molecule has 0 aromatic carbocycles. The molecule has 11 nitrogen and oxygen atoms in total. The molecular formula is C27H29ClN6O5S2. The smallest absolute Gasteiger partial charge is 0.261 e. The zero-order valence-corrected chi connectivity index (χ0v) is 25.1. The van der Waals surface area contributed by atoms with Crippen molar-refractivity contribution in [3.05, 3.63) is 55.6 Å². The number of hydrogen-bond donors (Lipinski definition) is 0. The van der Waals surface area contributed by atoms with E-state index in [2.05, 4.69) is 21.3 Å². The van der Waals surface area contributed by atoms with Crippen molar-refractivity contribution in [3.63, 3.8) is 0 Å². The van der Waals surface area contributed by atoms with E-state index in [9.17, 15) is 4.79 Å². The zero-order valence-electron chi connectivity index (χ0n) is 22.7. The molecule has 1 atom stereocenters. The Morgan fingerprint density at radius 2 is 2.02 bits per heavy atom. The van der Waals surface area contributed by atoms with Crippen molar-refractivity contribution in [2.24, 2.45) is 0 Å². The summed E-state index contributed by atoms with van der Waals surface area (Å²) in [5.74, 6) is 0.987. The van der Waals surface area contributed by atoms with E-state index >= 15 is 0 Å². The fourth-order valence-corrected chi connectivity index (χ4v) is 7.64. The Hall–Kier alpha value is -2.81. The molecule has 4 aromatic rings. The maximum absolute atomic E-state index is 13.8. The summed E-state index contributed by atoms with van der Waals surface area (Å²) in [6, 6.07) is 5.40. The Morgan fingerprint density at radius 1 is 1.20 bits per heavy atom. The molecule has 41 heavy (non-hydrogen) atoms. The summed E-state index contributed by atoms with van der Waals surface area (Å²) < 4.78 is 24.6. The van der Waals surface area contributed by atoms with Crippen molar-refractivity contribution in [1.29, 1.82) is 0 Å². The standard InChI is InChI=1S/C27H29ClN6O5S2/c1-16-31-34-23-18(29-26(34)41-16)5-6-33(24(23)20-11-17(13-40-20)27(36-2)14-38-15-27)22(35)12-39-19-3-4-21(30-25(19)28)32-7-9-37-10-8-32/h3-4,11,13,24H,5-10,12,14-15H2,1-2H3. The quantitative estimate of drug-likeness (QED) is 0.289. The van der Waals surface area contributed by atoms with Crippen LogP contribution in [0, 0.1) is 6.92 Å². The number of nitrogens with zero attached hydrogens (tertiary/aromatic N) is 6. The van der Waals surface area contributed by atoms with Crippen LogP contribution in [0.3, 0.4) is 0 Å². The van der Waals surface area contributed by atoms with E-state index in [1.165, 1.54) is 0 Å². The number of halogens is 1. The molecule has 0 bridgehead atoms. The van der Waals surface area contributed by atoms with E-state index in [0.29, 0.717) is 45.1 Å². The molecule has 0 radical (unpaired) electrons. The molecule has 0 aliphatic carbocycles. The summed E-state index contributed by atoms with van der Waals surface area (Å²) in [4.78, 5) is 29.0. The van der Waals surface area contributed by atoms with E-state index in [1.807, 2.05) is 22.4 Å². The molecule has 216 valence electrons. The fraction of sp³-hybridized carbons (Fsp3) is 0.481. The molecule has 14 heteroatoms. The maximum atomic E-state index is 13.8. The van der Waals surface area contributed by atoms with Gasteiger partial charge in [-0.05, 0) is 36.1 Å². The van der Waals surface area contributed by atoms with Crippen molar-refractivity contribution >= 4 is 51.0 Å². The first-order valence-corrected chi connectivity index (χ1v) is 15.5. The summed E-state index contributed by atoms with van der Waals surface area (Å²) in [5.41, 5.74) is 2.48. The Labute approximate surface area is 249 Å². The molecular weight excluding hydrogens is 588 g/mol. The second kappa shape index (κ2) is 10.8. The average molecular weight is 617 g/mol. The second-order valence-corrected chi connectivity index (χ2v) is 12.7. The van der Waals surface area contributed by atoms with Crippen LogP contribution >= 0.6 is 34.3 Å². The lowest BCUT2D eigenvalue weighted by Crippen LogP contribution is -2.48. The molecule has 2 fully saturated rings. The predicted molar refractivity (Wildman–Crippen MR) is 154 cm³/mol. The molecule has 7 rings (SSSR count). The minimum absolute atomic E-state index is 0.153. The Morgan fingerprint density at radius 3 is 2.76 bits per heavy atom. The topological polar surface area (TPSA) is 104 Å². The number of aromatic nitrogens is 4. The number of aryl methyl sites for hydroxylation is 1. The van der Waals surface area contributed by atoms with Gasteiger partial charge in [-0.2, -0.15) is 5.10 Å². The van der Waals surface area contributed by atoms with Gasteiger partial charge in [0.1, 0.15) is 22.5 Å². The average Bonchev–Trinajstić information content (AvgIpc) is 3.67. The molecule has 2 saturated heterocycles. The van der Waals surface area contributed by atoms with Crippen LogP contribution in [0.2, 0.25) is 5.15 Å².